The Morgan fingerprint density at radius 1 is 1.26 bits per heavy atom. The van der Waals surface area contributed by atoms with E-state index in [2.05, 4.69) is 15.0 Å². The number of H-pyrrole nitrogens is 1. The average Bonchev–Trinajstić information content (AvgIpc) is 3.29. The van der Waals surface area contributed by atoms with Gasteiger partial charge in [0.1, 0.15) is 11.6 Å². The first-order valence-electron chi connectivity index (χ1n) is 10.2. The van der Waals surface area contributed by atoms with E-state index >= 15 is 0 Å². The summed E-state index contributed by atoms with van der Waals surface area (Å²) >= 11 is 0. The van der Waals surface area contributed by atoms with Gasteiger partial charge in [-0.3, -0.25) is 9.59 Å². The molecule has 0 spiro atoms. The Balaban J connectivity index is 1.58. The number of hydrogen-bond acceptors (Lipinski definition) is 6. The number of para-hydroxylation sites is 1. The van der Waals surface area contributed by atoms with Gasteiger partial charge in [-0.25, -0.2) is 9.97 Å². The van der Waals surface area contributed by atoms with Gasteiger partial charge in [-0.05, 0) is 37.6 Å². The molecule has 1 amide bonds. The minimum atomic E-state index is -0.252. The zero-order chi connectivity index (χ0) is 21.8. The number of rotatable bonds is 6. The molecule has 0 aliphatic carbocycles. The van der Waals surface area contributed by atoms with Crippen LogP contribution in [0.5, 0.6) is 11.6 Å². The highest BCUT2D eigenvalue weighted by atomic mass is 16.5. The lowest BCUT2D eigenvalue weighted by Gasteiger charge is -2.18. The van der Waals surface area contributed by atoms with Crippen LogP contribution in [0.1, 0.15) is 35.4 Å². The number of benzene rings is 1. The van der Waals surface area contributed by atoms with Crippen LogP contribution in [0, 0.1) is 0 Å². The highest BCUT2D eigenvalue weighted by molar-refractivity contribution is 5.97. The lowest BCUT2D eigenvalue weighted by molar-refractivity contribution is 0.0786. The molecule has 0 radical (unpaired) electrons. The van der Waals surface area contributed by atoms with E-state index in [9.17, 15) is 9.59 Å². The second kappa shape index (κ2) is 8.99. The second-order valence-corrected chi connectivity index (χ2v) is 7.24. The third-order valence-electron chi connectivity index (χ3n) is 5.28. The predicted octanol–water partition coefficient (Wildman–Crippen LogP) is 2.87. The molecule has 0 bridgehead atoms. The molecular formula is C23H24N4O4. The van der Waals surface area contributed by atoms with E-state index in [-0.39, 0.29) is 17.4 Å². The van der Waals surface area contributed by atoms with E-state index in [1.54, 1.807) is 29.3 Å². The van der Waals surface area contributed by atoms with Crippen molar-refractivity contribution in [2.45, 2.75) is 19.3 Å². The molecule has 0 saturated carbocycles. The van der Waals surface area contributed by atoms with Crippen LogP contribution in [0.15, 0.2) is 53.5 Å². The molecule has 8 nitrogen and oxygen atoms in total. The maximum Gasteiger partial charge on any atom is 0.257 e. The maximum absolute atomic E-state index is 13.1. The Morgan fingerprint density at radius 2 is 2.10 bits per heavy atom. The summed E-state index contributed by atoms with van der Waals surface area (Å²) in [4.78, 5) is 38.9. The van der Waals surface area contributed by atoms with Gasteiger partial charge >= 0.3 is 0 Å². The number of nitrogens with zero attached hydrogens (tertiary/aromatic N) is 3. The van der Waals surface area contributed by atoms with Crippen LogP contribution in [-0.2, 0) is 0 Å². The molecule has 1 aliphatic heterocycles. The lowest BCUT2D eigenvalue weighted by atomic mass is 10.1. The third kappa shape index (κ3) is 4.28. The predicted molar refractivity (Wildman–Crippen MR) is 116 cm³/mol. The molecule has 1 N–H and O–H groups in total. The normalized spacial score (nSPS) is 15.7. The minimum absolute atomic E-state index is 0.0708. The minimum Gasteiger partial charge on any atom is -0.493 e. The van der Waals surface area contributed by atoms with Crippen molar-refractivity contribution in [3.05, 3.63) is 70.4 Å². The maximum atomic E-state index is 13.1. The third-order valence-corrected chi connectivity index (χ3v) is 5.28. The van der Waals surface area contributed by atoms with Crippen molar-refractivity contribution in [2.75, 3.05) is 26.8 Å². The summed E-state index contributed by atoms with van der Waals surface area (Å²) < 4.78 is 10.9. The average molecular weight is 420 g/mol. The summed E-state index contributed by atoms with van der Waals surface area (Å²) in [5.74, 6) is 1.39. The Kier molecular flexibility index (Phi) is 5.97. The summed E-state index contributed by atoms with van der Waals surface area (Å²) in [6.07, 6.45) is 2.33. The molecule has 1 aromatic carbocycles. The van der Waals surface area contributed by atoms with Crippen LogP contribution >= 0.6 is 0 Å². The van der Waals surface area contributed by atoms with E-state index in [0.717, 1.165) is 0 Å². The van der Waals surface area contributed by atoms with Crippen LogP contribution < -0.4 is 15.0 Å². The van der Waals surface area contributed by atoms with Crippen molar-refractivity contribution < 1.29 is 14.3 Å². The Labute approximate surface area is 179 Å². The van der Waals surface area contributed by atoms with Crippen LogP contribution in [0.3, 0.4) is 0 Å². The molecule has 3 aromatic rings. The summed E-state index contributed by atoms with van der Waals surface area (Å²) in [5.41, 5.74) is 1.43. The van der Waals surface area contributed by atoms with Gasteiger partial charge < -0.3 is 19.4 Å². The second-order valence-electron chi connectivity index (χ2n) is 7.24. The van der Waals surface area contributed by atoms with Gasteiger partial charge in [0.05, 0.1) is 30.5 Å². The van der Waals surface area contributed by atoms with E-state index in [4.69, 9.17) is 9.47 Å². The van der Waals surface area contributed by atoms with Crippen molar-refractivity contribution >= 4 is 5.91 Å². The van der Waals surface area contributed by atoms with Crippen molar-refractivity contribution in [1.29, 1.82) is 0 Å². The van der Waals surface area contributed by atoms with E-state index < -0.39 is 0 Å². The molecular weight excluding hydrogens is 396 g/mol. The quantitative estimate of drug-likeness (QED) is 0.659. The summed E-state index contributed by atoms with van der Waals surface area (Å²) in [7, 11) is 1.53. The highest BCUT2D eigenvalue weighted by Crippen LogP contribution is 2.30. The summed E-state index contributed by atoms with van der Waals surface area (Å²) in [6.45, 7) is 3.42. The van der Waals surface area contributed by atoms with Crippen molar-refractivity contribution in [3.8, 4) is 22.9 Å². The number of aromatic nitrogens is 3. The van der Waals surface area contributed by atoms with Gasteiger partial charge in [0.15, 0.2) is 0 Å². The van der Waals surface area contributed by atoms with E-state index in [0.29, 0.717) is 60.4 Å². The molecule has 1 fully saturated rings. The fraction of sp³-hybridized carbons (Fsp3) is 0.304. The topological polar surface area (TPSA) is 97.4 Å². The number of carbonyl (C=O) groups is 1. The number of carbonyl (C=O) groups excluding carboxylic acids is 1. The zero-order valence-electron chi connectivity index (χ0n) is 17.5. The SMILES string of the molecule is CCOc1ccccc1C(=O)N1CC[C@H](c2nc(-c3cccnc3OC)cc(=O)[nH]2)C1. The van der Waals surface area contributed by atoms with Crippen LogP contribution in [0.25, 0.3) is 11.3 Å². The van der Waals surface area contributed by atoms with Gasteiger partial charge in [-0.2, -0.15) is 0 Å². The standard InChI is InChI=1S/C23H24N4O4/c1-3-31-19-9-5-4-7-17(19)23(29)27-12-10-15(14-27)21-25-18(13-20(28)26-21)16-8-6-11-24-22(16)30-2/h4-9,11,13,15H,3,10,12,14H2,1-2H3,(H,25,26,28)/t15-/m0/s1. The van der Waals surface area contributed by atoms with Crippen molar-refractivity contribution in [2.24, 2.45) is 0 Å². The number of aromatic amines is 1. The Morgan fingerprint density at radius 3 is 2.90 bits per heavy atom. The lowest BCUT2D eigenvalue weighted by Crippen LogP contribution is -2.29. The molecule has 0 unspecified atom stereocenters. The fourth-order valence-electron chi connectivity index (χ4n) is 3.82. The summed E-state index contributed by atoms with van der Waals surface area (Å²) in [5, 5.41) is 0. The highest BCUT2D eigenvalue weighted by Gasteiger charge is 2.31. The molecule has 160 valence electrons. The van der Waals surface area contributed by atoms with Crippen molar-refractivity contribution in [1.82, 2.24) is 19.9 Å². The molecule has 4 rings (SSSR count). The van der Waals surface area contributed by atoms with Crippen LogP contribution in [0.2, 0.25) is 0 Å². The Bertz CT molecular complexity index is 1140. The van der Waals surface area contributed by atoms with Crippen LogP contribution in [-0.4, -0.2) is 52.6 Å². The Hall–Kier alpha value is -3.68. The van der Waals surface area contributed by atoms with Gasteiger partial charge in [0, 0.05) is 31.3 Å². The first-order valence-corrected chi connectivity index (χ1v) is 10.2. The van der Waals surface area contributed by atoms with Crippen molar-refractivity contribution in [3.63, 3.8) is 0 Å². The van der Waals surface area contributed by atoms with Crippen LogP contribution in [0.4, 0.5) is 0 Å². The smallest absolute Gasteiger partial charge is 0.257 e. The van der Waals surface area contributed by atoms with Gasteiger partial charge in [0.2, 0.25) is 5.88 Å². The monoisotopic (exact) mass is 420 g/mol. The summed E-state index contributed by atoms with van der Waals surface area (Å²) in [6, 6.07) is 12.3. The van der Waals surface area contributed by atoms with Gasteiger partial charge in [-0.15, -0.1) is 0 Å². The van der Waals surface area contributed by atoms with E-state index in [1.165, 1.54) is 13.2 Å². The number of amides is 1. The molecule has 1 atom stereocenters. The number of pyridine rings is 1. The zero-order valence-corrected chi connectivity index (χ0v) is 17.5. The first-order chi connectivity index (χ1) is 15.1. The number of nitrogens with one attached hydrogen (secondary N) is 1. The molecule has 1 saturated heterocycles. The fourth-order valence-corrected chi connectivity index (χ4v) is 3.82. The number of hydrogen-bond donors (Lipinski definition) is 1. The largest absolute Gasteiger partial charge is 0.493 e. The molecule has 1 aliphatic rings. The molecule has 31 heavy (non-hydrogen) atoms. The number of likely N-dealkylation sites (tertiary alicyclic amines) is 1. The first kappa shape index (κ1) is 20.6. The number of ether oxygens (including phenoxy) is 2. The van der Waals surface area contributed by atoms with Gasteiger partial charge in [-0.1, -0.05) is 12.1 Å². The van der Waals surface area contributed by atoms with E-state index in [1.807, 2.05) is 25.1 Å². The van der Waals surface area contributed by atoms with Gasteiger partial charge in [0.25, 0.3) is 11.5 Å². The molecule has 3 heterocycles. The number of methoxy groups -OCH3 is 1. The molecule has 2 aromatic heterocycles. The molecule has 8 heteroatoms.